The van der Waals surface area contributed by atoms with Gasteiger partial charge in [-0.05, 0) is 48.9 Å². The third-order valence-corrected chi connectivity index (χ3v) is 6.32. The topological polar surface area (TPSA) is 84.7 Å². The molecule has 33 heavy (non-hydrogen) atoms. The highest BCUT2D eigenvalue weighted by Crippen LogP contribution is 2.49. The van der Waals surface area contributed by atoms with Gasteiger partial charge in [0.15, 0.2) is 0 Å². The highest BCUT2D eigenvalue weighted by Gasteiger charge is 2.51. The van der Waals surface area contributed by atoms with E-state index >= 15 is 0 Å². The molecule has 1 saturated heterocycles. The minimum atomic E-state index is -5.08. The molecule has 4 rings (SSSR count). The summed E-state index contributed by atoms with van der Waals surface area (Å²) in [5.41, 5.74) is 3.17. The summed E-state index contributed by atoms with van der Waals surface area (Å²) in [5, 5.41) is 7.12. The molecule has 0 aromatic carbocycles. The molecule has 1 aliphatic carbocycles. The molecule has 0 spiro atoms. The van der Waals surface area contributed by atoms with E-state index in [1.54, 1.807) is 0 Å². The number of nitrogens with zero attached hydrogens (tertiary/aromatic N) is 3. The second kappa shape index (κ2) is 9.94. The van der Waals surface area contributed by atoms with E-state index in [1.807, 2.05) is 54.2 Å². The summed E-state index contributed by atoms with van der Waals surface area (Å²) in [4.78, 5) is 28.1. The molecule has 1 saturated carbocycles. The van der Waals surface area contributed by atoms with Gasteiger partial charge in [-0.2, -0.15) is 13.2 Å². The van der Waals surface area contributed by atoms with Crippen LogP contribution in [0.5, 0.6) is 0 Å². The summed E-state index contributed by atoms with van der Waals surface area (Å²) in [6.07, 6.45) is 4.17. The number of hydrogen-bond acceptors (Lipinski definition) is 4. The van der Waals surface area contributed by atoms with Gasteiger partial charge in [-0.3, -0.25) is 9.78 Å². The number of aryl methyl sites for hydroxylation is 2. The van der Waals surface area contributed by atoms with Crippen LogP contribution in [0.15, 0.2) is 36.8 Å². The lowest BCUT2D eigenvalue weighted by Gasteiger charge is -2.28. The molecular weight excluding hydrogens is 439 g/mol. The molecule has 1 amide bonds. The van der Waals surface area contributed by atoms with Crippen LogP contribution in [-0.2, 0) is 23.2 Å². The van der Waals surface area contributed by atoms with Gasteiger partial charge in [0.2, 0.25) is 0 Å². The van der Waals surface area contributed by atoms with Gasteiger partial charge < -0.3 is 19.3 Å². The molecule has 2 aromatic rings. The fraction of sp³-hybridized carbons (Fsp3) is 0.522. The number of aromatic nitrogens is 2. The molecule has 3 heterocycles. The Bertz CT molecular complexity index is 991. The van der Waals surface area contributed by atoms with Gasteiger partial charge in [-0.15, -0.1) is 0 Å². The summed E-state index contributed by atoms with van der Waals surface area (Å²) in [7, 11) is 1.93. The highest BCUT2D eigenvalue weighted by atomic mass is 19.4. The Morgan fingerprint density at radius 1 is 1.33 bits per heavy atom. The zero-order valence-electron chi connectivity index (χ0n) is 18.6. The van der Waals surface area contributed by atoms with Crippen molar-refractivity contribution < 1.29 is 32.6 Å². The van der Waals surface area contributed by atoms with Gasteiger partial charge in [0.1, 0.15) is 5.69 Å². The summed E-state index contributed by atoms with van der Waals surface area (Å²) in [5.74, 6) is -2.05. The van der Waals surface area contributed by atoms with E-state index in [0.29, 0.717) is 12.5 Å². The van der Waals surface area contributed by atoms with Crippen LogP contribution in [0.1, 0.15) is 40.9 Å². The van der Waals surface area contributed by atoms with Crippen LogP contribution < -0.4 is 0 Å². The van der Waals surface area contributed by atoms with Crippen molar-refractivity contribution in [3.8, 4) is 0 Å². The zero-order chi connectivity index (χ0) is 24.2. The number of ether oxygens (including phenoxy) is 1. The number of fused-ring (bicyclic) bond motifs is 1. The Morgan fingerprint density at radius 2 is 2.06 bits per heavy atom. The van der Waals surface area contributed by atoms with E-state index in [1.165, 1.54) is 12.8 Å². The van der Waals surface area contributed by atoms with Crippen LogP contribution in [-0.4, -0.2) is 57.3 Å². The molecule has 10 heteroatoms. The van der Waals surface area contributed by atoms with E-state index in [-0.39, 0.29) is 11.3 Å². The van der Waals surface area contributed by atoms with Crippen LogP contribution in [0, 0.1) is 18.3 Å². The molecule has 7 nitrogen and oxygen atoms in total. The number of carbonyl (C=O) groups excluding carboxylic acids is 1. The Morgan fingerprint density at radius 3 is 2.67 bits per heavy atom. The quantitative estimate of drug-likeness (QED) is 0.723. The number of amides is 1. The molecular formula is C23H28F3N3O4. The second-order valence-electron chi connectivity index (χ2n) is 8.81. The second-order valence-corrected chi connectivity index (χ2v) is 8.81. The van der Waals surface area contributed by atoms with Gasteiger partial charge in [-0.25, -0.2) is 4.79 Å². The molecule has 0 unspecified atom stereocenters. The Balaban J connectivity index is 0.000000383. The first kappa shape index (κ1) is 24.8. The van der Waals surface area contributed by atoms with Crippen molar-refractivity contribution in [2.45, 2.75) is 39.0 Å². The standard InChI is InChI=1S/C21H27N3O2.C2HF3O2/c1-16-9-17(11-22-10-16)13-26-15-21-7-3-5-18(21)12-24(14-21)20(25)19-6-4-8-23(19)2;3-2(4,5)1(6)7/h4,6,8-11,18H,3,5,7,12-15H2,1-2H3;(H,6,7)/t18-,21+;/m1./s1. The first-order valence-corrected chi connectivity index (χ1v) is 10.7. The number of halogens is 3. The average Bonchev–Trinajstić information content (AvgIpc) is 3.41. The molecule has 2 atom stereocenters. The molecule has 180 valence electrons. The van der Waals surface area contributed by atoms with Gasteiger partial charge >= 0.3 is 12.1 Å². The third kappa shape index (κ3) is 5.93. The minimum absolute atomic E-state index is 0.123. The maximum atomic E-state index is 12.9. The number of aliphatic carboxylic acids is 1. The van der Waals surface area contributed by atoms with E-state index in [0.717, 1.165) is 42.9 Å². The largest absolute Gasteiger partial charge is 0.490 e. The fourth-order valence-corrected chi connectivity index (χ4v) is 4.72. The first-order chi connectivity index (χ1) is 15.5. The number of carboxylic acid groups (broad SMARTS) is 1. The SMILES string of the molecule is Cc1cncc(COC[C@@]23CCC[C@@H]2CN(C(=O)c2cccn2C)C3)c1.O=C(O)C(F)(F)F. The number of rotatable bonds is 5. The highest BCUT2D eigenvalue weighted by molar-refractivity contribution is 5.93. The lowest BCUT2D eigenvalue weighted by Crippen LogP contribution is -2.35. The molecule has 1 N–H and O–H groups in total. The summed E-state index contributed by atoms with van der Waals surface area (Å²) in [6, 6.07) is 5.96. The van der Waals surface area contributed by atoms with E-state index in [9.17, 15) is 18.0 Å². The predicted octanol–water partition coefficient (Wildman–Crippen LogP) is 3.82. The van der Waals surface area contributed by atoms with Crippen LogP contribution in [0.25, 0.3) is 0 Å². The Labute approximate surface area is 190 Å². The summed E-state index contributed by atoms with van der Waals surface area (Å²) < 4.78 is 39.8. The number of pyridine rings is 1. The van der Waals surface area contributed by atoms with Crippen molar-refractivity contribution in [3.63, 3.8) is 0 Å². The number of hydrogen-bond donors (Lipinski definition) is 1. The smallest absolute Gasteiger partial charge is 0.475 e. The van der Waals surface area contributed by atoms with Crippen LogP contribution in [0.3, 0.4) is 0 Å². The maximum absolute atomic E-state index is 12.9. The van der Waals surface area contributed by atoms with Crippen molar-refractivity contribution in [2.75, 3.05) is 19.7 Å². The molecule has 2 aromatic heterocycles. The van der Waals surface area contributed by atoms with Crippen molar-refractivity contribution >= 4 is 11.9 Å². The van der Waals surface area contributed by atoms with Gasteiger partial charge in [-0.1, -0.05) is 12.5 Å². The lowest BCUT2D eigenvalue weighted by atomic mass is 9.81. The zero-order valence-corrected chi connectivity index (χ0v) is 18.6. The first-order valence-electron chi connectivity index (χ1n) is 10.7. The molecule has 0 radical (unpaired) electrons. The van der Waals surface area contributed by atoms with E-state index in [2.05, 4.69) is 11.1 Å². The minimum Gasteiger partial charge on any atom is -0.475 e. The Kier molecular flexibility index (Phi) is 7.46. The van der Waals surface area contributed by atoms with Crippen LogP contribution in [0.4, 0.5) is 13.2 Å². The number of carbonyl (C=O) groups is 2. The molecule has 1 aliphatic heterocycles. The summed E-state index contributed by atoms with van der Waals surface area (Å²) in [6.45, 7) is 5.04. The van der Waals surface area contributed by atoms with Crippen molar-refractivity contribution in [1.82, 2.24) is 14.5 Å². The normalized spacial score (nSPS) is 22.0. The van der Waals surface area contributed by atoms with Crippen LogP contribution >= 0.6 is 0 Å². The molecule has 2 fully saturated rings. The number of carboxylic acids is 1. The van der Waals surface area contributed by atoms with E-state index < -0.39 is 12.1 Å². The van der Waals surface area contributed by atoms with Gasteiger partial charge in [0, 0.05) is 44.1 Å². The van der Waals surface area contributed by atoms with Crippen molar-refractivity contribution in [1.29, 1.82) is 0 Å². The van der Waals surface area contributed by atoms with Gasteiger partial charge in [0.05, 0.1) is 13.2 Å². The van der Waals surface area contributed by atoms with E-state index in [4.69, 9.17) is 14.6 Å². The predicted molar refractivity (Wildman–Crippen MR) is 113 cm³/mol. The van der Waals surface area contributed by atoms with Crippen molar-refractivity contribution in [2.24, 2.45) is 18.4 Å². The fourth-order valence-electron chi connectivity index (χ4n) is 4.72. The maximum Gasteiger partial charge on any atom is 0.490 e. The third-order valence-electron chi connectivity index (χ3n) is 6.32. The molecule has 0 bridgehead atoms. The number of likely N-dealkylation sites (tertiary alicyclic amines) is 1. The summed E-state index contributed by atoms with van der Waals surface area (Å²) >= 11 is 0. The molecule has 2 aliphatic rings. The average molecular weight is 467 g/mol. The number of alkyl halides is 3. The lowest BCUT2D eigenvalue weighted by molar-refractivity contribution is -0.192. The van der Waals surface area contributed by atoms with Crippen LogP contribution in [0.2, 0.25) is 0 Å². The van der Waals surface area contributed by atoms with Gasteiger partial charge in [0.25, 0.3) is 5.91 Å². The Hall–Kier alpha value is -2.88. The monoisotopic (exact) mass is 467 g/mol. The van der Waals surface area contributed by atoms with Crippen molar-refractivity contribution in [3.05, 3.63) is 53.6 Å².